The fourth-order valence-corrected chi connectivity index (χ4v) is 2.59. The van der Waals surface area contributed by atoms with E-state index < -0.39 is 5.97 Å². The van der Waals surface area contributed by atoms with Gasteiger partial charge in [0.15, 0.2) is 5.82 Å². The lowest BCUT2D eigenvalue weighted by atomic mass is 9.94. The average molecular weight is 281 g/mol. The van der Waals surface area contributed by atoms with Gasteiger partial charge in [-0.2, -0.15) is 4.98 Å². The van der Waals surface area contributed by atoms with E-state index in [0.717, 1.165) is 38.2 Å². The molecule has 1 fully saturated rings. The predicted octanol–water partition coefficient (Wildman–Crippen LogP) is 1.95. The second-order valence-electron chi connectivity index (χ2n) is 6.02. The van der Waals surface area contributed by atoms with Crippen LogP contribution in [0.3, 0.4) is 0 Å². The zero-order valence-corrected chi connectivity index (χ0v) is 12.2. The minimum absolute atomic E-state index is 0.285. The summed E-state index contributed by atoms with van der Waals surface area (Å²) in [7, 11) is 0. The van der Waals surface area contributed by atoms with Gasteiger partial charge < -0.3 is 9.63 Å². The average Bonchev–Trinajstić information content (AvgIpc) is 2.77. The van der Waals surface area contributed by atoms with Crippen LogP contribution in [0.2, 0.25) is 0 Å². The highest BCUT2D eigenvalue weighted by Crippen LogP contribution is 2.21. The van der Waals surface area contributed by atoms with Crippen molar-refractivity contribution in [2.45, 2.75) is 46.1 Å². The number of nitrogens with zero attached hydrogens (tertiary/aromatic N) is 3. The Morgan fingerprint density at radius 1 is 1.45 bits per heavy atom. The molecule has 2 heterocycles. The van der Waals surface area contributed by atoms with E-state index in [1.54, 1.807) is 0 Å². The standard InChI is InChI=1S/C14H23N3O3/c1-10(2)7-12-15-13(20-16-12)9-17-5-3-11(4-6-17)8-14(18)19/h10-11H,3-9H2,1-2H3,(H,18,19). The monoisotopic (exact) mass is 281 g/mol. The molecule has 6 nitrogen and oxygen atoms in total. The van der Waals surface area contributed by atoms with Crippen molar-refractivity contribution in [2.24, 2.45) is 11.8 Å². The molecular weight excluding hydrogens is 258 g/mol. The molecule has 0 aliphatic carbocycles. The molecule has 0 aromatic carbocycles. The van der Waals surface area contributed by atoms with Crippen molar-refractivity contribution in [1.29, 1.82) is 0 Å². The molecule has 0 atom stereocenters. The number of aromatic nitrogens is 2. The number of hydrogen-bond acceptors (Lipinski definition) is 5. The zero-order valence-electron chi connectivity index (χ0n) is 12.2. The number of piperidine rings is 1. The molecule has 1 saturated heterocycles. The van der Waals surface area contributed by atoms with Crippen LogP contribution in [-0.2, 0) is 17.8 Å². The second-order valence-corrected chi connectivity index (χ2v) is 6.02. The van der Waals surface area contributed by atoms with E-state index in [0.29, 0.717) is 24.3 Å². The third kappa shape index (κ3) is 4.59. The Morgan fingerprint density at radius 3 is 2.75 bits per heavy atom. The summed E-state index contributed by atoms with van der Waals surface area (Å²) in [6, 6.07) is 0. The topological polar surface area (TPSA) is 79.5 Å². The molecule has 1 aliphatic heterocycles. The maximum absolute atomic E-state index is 10.7. The SMILES string of the molecule is CC(C)Cc1noc(CN2CCC(CC(=O)O)CC2)n1. The maximum atomic E-state index is 10.7. The highest BCUT2D eigenvalue weighted by Gasteiger charge is 2.22. The molecule has 1 aromatic heterocycles. The van der Waals surface area contributed by atoms with Crippen molar-refractivity contribution in [3.8, 4) is 0 Å². The van der Waals surface area contributed by atoms with Gasteiger partial charge in [-0.1, -0.05) is 19.0 Å². The Balaban J connectivity index is 1.77. The lowest BCUT2D eigenvalue weighted by Gasteiger charge is -2.30. The molecule has 6 heteroatoms. The first-order valence-electron chi connectivity index (χ1n) is 7.28. The zero-order chi connectivity index (χ0) is 14.5. The Morgan fingerprint density at radius 2 is 2.15 bits per heavy atom. The van der Waals surface area contributed by atoms with Crippen LogP contribution < -0.4 is 0 Å². The van der Waals surface area contributed by atoms with Crippen molar-refractivity contribution in [3.05, 3.63) is 11.7 Å². The summed E-state index contributed by atoms with van der Waals surface area (Å²) >= 11 is 0. The van der Waals surface area contributed by atoms with Gasteiger partial charge >= 0.3 is 5.97 Å². The number of carboxylic acids is 1. The fraction of sp³-hybridized carbons (Fsp3) is 0.786. The lowest BCUT2D eigenvalue weighted by molar-refractivity contribution is -0.138. The van der Waals surface area contributed by atoms with Gasteiger partial charge in [-0.15, -0.1) is 0 Å². The van der Waals surface area contributed by atoms with Gasteiger partial charge in [-0.25, -0.2) is 0 Å². The van der Waals surface area contributed by atoms with Crippen LogP contribution in [0.5, 0.6) is 0 Å². The molecule has 1 N–H and O–H groups in total. The fourth-order valence-electron chi connectivity index (χ4n) is 2.59. The first-order chi connectivity index (χ1) is 9.52. The maximum Gasteiger partial charge on any atom is 0.303 e. The Bertz CT molecular complexity index is 437. The van der Waals surface area contributed by atoms with Crippen LogP contribution in [0, 0.1) is 11.8 Å². The molecule has 0 spiro atoms. The molecule has 0 saturated carbocycles. The molecule has 0 unspecified atom stereocenters. The van der Waals surface area contributed by atoms with Crippen molar-refractivity contribution in [2.75, 3.05) is 13.1 Å². The predicted molar refractivity (Wildman–Crippen MR) is 73.1 cm³/mol. The van der Waals surface area contributed by atoms with E-state index in [2.05, 4.69) is 28.9 Å². The minimum atomic E-state index is -0.696. The van der Waals surface area contributed by atoms with E-state index in [-0.39, 0.29) is 6.42 Å². The third-order valence-electron chi connectivity index (χ3n) is 3.63. The van der Waals surface area contributed by atoms with Gasteiger partial charge in [-0.05, 0) is 37.8 Å². The molecule has 1 aliphatic rings. The molecule has 0 radical (unpaired) electrons. The van der Waals surface area contributed by atoms with Crippen molar-refractivity contribution in [1.82, 2.24) is 15.0 Å². The molecule has 112 valence electrons. The lowest BCUT2D eigenvalue weighted by Crippen LogP contribution is -2.34. The highest BCUT2D eigenvalue weighted by atomic mass is 16.5. The Kier molecular flexibility index (Phi) is 5.11. The largest absolute Gasteiger partial charge is 0.481 e. The van der Waals surface area contributed by atoms with Crippen molar-refractivity contribution >= 4 is 5.97 Å². The van der Waals surface area contributed by atoms with E-state index in [1.165, 1.54) is 0 Å². The van der Waals surface area contributed by atoms with Gasteiger partial charge in [0.05, 0.1) is 6.54 Å². The quantitative estimate of drug-likeness (QED) is 0.858. The van der Waals surface area contributed by atoms with Gasteiger partial charge in [-0.3, -0.25) is 9.69 Å². The summed E-state index contributed by atoms with van der Waals surface area (Å²) in [5.74, 6) is 1.57. The summed E-state index contributed by atoms with van der Waals surface area (Å²) < 4.78 is 5.26. The van der Waals surface area contributed by atoms with E-state index in [1.807, 2.05) is 0 Å². The number of aliphatic carboxylic acids is 1. The van der Waals surface area contributed by atoms with Crippen LogP contribution in [0.4, 0.5) is 0 Å². The summed E-state index contributed by atoms with van der Waals surface area (Å²) in [4.78, 5) is 17.3. The van der Waals surface area contributed by atoms with E-state index in [4.69, 9.17) is 9.63 Å². The summed E-state index contributed by atoms with van der Waals surface area (Å²) in [6.45, 7) is 6.73. The number of rotatable bonds is 6. The van der Waals surface area contributed by atoms with Crippen molar-refractivity contribution < 1.29 is 14.4 Å². The Hall–Kier alpha value is -1.43. The van der Waals surface area contributed by atoms with Crippen LogP contribution in [0.15, 0.2) is 4.52 Å². The molecule has 1 aromatic rings. The third-order valence-corrected chi connectivity index (χ3v) is 3.63. The summed E-state index contributed by atoms with van der Waals surface area (Å²) in [5.41, 5.74) is 0. The smallest absolute Gasteiger partial charge is 0.303 e. The van der Waals surface area contributed by atoms with Gasteiger partial charge in [0.25, 0.3) is 0 Å². The molecule has 20 heavy (non-hydrogen) atoms. The molecule has 2 rings (SSSR count). The van der Waals surface area contributed by atoms with Gasteiger partial charge in [0, 0.05) is 12.8 Å². The number of carboxylic acid groups (broad SMARTS) is 1. The molecule has 0 bridgehead atoms. The minimum Gasteiger partial charge on any atom is -0.481 e. The van der Waals surface area contributed by atoms with E-state index in [9.17, 15) is 4.79 Å². The normalized spacial score (nSPS) is 17.8. The van der Waals surface area contributed by atoms with Gasteiger partial charge in [0.2, 0.25) is 5.89 Å². The first kappa shape index (κ1) is 15.0. The van der Waals surface area contributed by atoms with Crippen molar-refractivity contribution in [3.63, 3.8) is 0 Å². The summed E-state index contributed by atoms with van der Waals surface area (Å²) in [5, 5.41) is 12.8. The highest BCUT2D eigenvalue weighted by molar-refractivity contribution is 5.67. The molecule has 0 amide bonds. The van der Waals surface area contributed by atoms with Crippen LogP contribution in [-0.4, -0.2) is 39.2 Å². The Labute approximate surface area is 119 Å². The number of carbonyl (C=O) groups is 1. The molecular formula is C14H23N3O3. The van der Waals surface area contributed by atoms with E-state index >= 15 is 0 Å². The summed E-state index contributed by atoms with van der Waals surface area (Å²) in [6.07, 6.45) is 2.98. The van der Waals surface area contributed by atoms with Crippen LogP contribution in [0.1, 0.15) is 44.8 Å². The number of likely N-dealkylation sites (tertiary alicyclic amines) is 1. The first-order valence-corrected chi connectivity index (χ1v) is 7.28. The van der Waals surface area contributed by atoms with Crippen LogP contribution >= 0.6 is 0 Å². The van der Waals surface area contributed by atoms with Crippen LogP contribution in [0.25, 0.3) is 0 Å². The second kappa shape index (κ2) is 6.83. The number of hydrogen-bond donors (Lipinski definition) is 1. The van der Waals surface area contributed by atoms with Gasteiger partial charge in [0.1, 0.15) is 0 Å².